The minimum absolute atomic E-state index is 0.000721. The molecule has 3 saturated heterocycles. The molecule has 0 bridgehead atoms. The molecule has 1 radical (unpaired) electrons. The highest BCUT2D eigenvalue weighted by atomic mass is 16.7. The molecular weight excluding hydrogens is 1300 g/mol. The van der Waals surface area contributed by atoms with Crippen molar-refractivity contribution in [1.29, 1.82) is 0 Å². The largest absolute Gasteiger partial charge is 0.394 e. The van der Waals surface area contributed by atoms with Gasteiger partial charge in [0, 0.05) is 59.7 Å². The van der Waals surface area contributed by atoms with Gasteiger partial charge in [-0.3, -0.25) is 28.8 Å². The fraction of sp³-hybridized carbons (Fsp3) is 0.898. The van der Waals surface area contributed by atoms with Crippen LogP contribution in [0.15, 0.2) is 0 Å². The van der Waals surface area contributed by atoms with E-state index in [1.807, 2.05) is 28.2 Å². The van der Waals surface area contributed by atoms with E-state index in [1.165, 1.54) is 20.8 Å². The Morgan fingerprint density at radius 2 is 0.629 bits per heavy atom. The molecule has 16 N–H and O–H groups in total. The first kappa shape index (κ1) is 87.1. The highest BCUT2D eigenvalue weighted by Crippen LogP contribution is 2.26. The summed E-state index contributed by atoms with van der Waals surface area (Å²) in [7, 11) is 1.85. The van der Waals surface area contributed by atoms with E-state index in [-0.39, 0.29) is 201 Å². The molecule has 563 valence electrons. The van der Waals surface area contributed by atoms with Crippen molar-refractivity contribution in [2.24, 2.45) is 0 Å². The van der Waals surface area contributed by atoms with Gasteiger partial charge in [0.2, 0.25) is 42.9 Å². The van der Waals surface area contributed by atoms with Crippen molar-refractivity contribution in [3.63, 3.8) is 0 Å². The fourth-order valence-corrected chi connectivity index (χ4v) is 9.44. The molecule has 3 aliphatic heterocycles. The smallest absolute Gasteiger partial charge is 0.222 e. The molecule has 0 aromatic heterocycles. The van der Waals surface area contributed by atoms with Crippen LogP contribution in [0.3, 0.4) is 0 Å². The highest BCUT2D eigenvalue weighted by molar-refractivity contribution is 6.36. The van der Waals surface area contributed by atoms with Crippen LogP contribution in [0.25, 0.3) is 0 Å². The minimum Gasteiger partial charge on any atom is -0.394 e. The summed E-state index contributed by atoms with van der Waals surface area (Å²) in [6.45, 7) is 10.2. The number of aliphatic hydroxyl groups is 9. The number of hydrogen-bond donors (Lipinski definition) is 16. The van der Waals surface area contributed by atoms with Gasteiger partial charge in [-0.1, -0.05) is 20.8 Å². The van der Waals surface area contributed by atoms with Crippen LogP contribution in [0.4, 0.5) is 0 Å². The van der Waals surface area contributed by atoms with Gasteiger partial charge in [0.25, 0.3) is 0 Å². The third kappa shape index (κ3) is 35.9. The zero-order chi connectivity index (χ0) is 71.6. The average molecular weight is 1410 g/mol. The molecule has 0 saturated carbocycles. The normalized spacial score (nSPS) is 26.5. The number of carbonyl (C=O) groups excluding carboxylic acids is 6. The maximum Gasteiger partial charge on any atom is 0.222 e. The fourth-order valence-electron chi connectivity index (χ4n) is 9.44. The van der Waals surface area contributed by atoms with Crippen LogP contribution in [-0.2, 0) is 99.8 Å². The van der Waals surface area contributed by atoms with Crippen molar-refractivity contribution in [2.75, 3.05) is 178 Å². The van der Waals surface area contributed by atoms with Crippen molar-refractivity contribution >= 4 is 42.9 Å². The van der Waals surface area contributed by atoms with Crippen molar-refractivity contribution in [1.82, 2.24) is 37.1 Å². The third-order valence-corrected chi connectivity index (χ3v) is 14.5. The Morgan fingerprint density at radius 1 is 0.371 bits per heavy atom. The van der Waals surface area contributed by atoms with Gasteiger partial charge < -0.3 is 154 Å². The molecule has 15 unspecified atom stereocenters. The maximum atomic E-state index is 12.8. The van der Waals surface area contributed by atoms with E-state index >= 15 is 0 Å². The number of nitrogens with one attached hydrogen (secondary N) is 7. The standard InChI is InChI=1S/C59H109BN7O30/c1-37(71)64-46-52(80)49(77)40(31-68)95-55(46)92-28-25-86-22-19-83-16-10-61-43(74)7-13-89-34-59(67-60-58(4,5)6,35-90-14-8-44(75)62-11-17-84-20-23-87-26-29-93-56-47(65-38(2)72)53(81)50(78)41(32-69)96-56)36-91-15-9-45(76)63-12-18-85-21-24-88-27-30-94-57-48(66-39(3)73)54(82)51(79)42(33-70)97-57/h40-42,46-57,67-70,77-82H,7-36H2,1-6H3,(H,61,74)(H,62,75)(H,63,76)(H,64,71)(H,65,72)(H,66,73). The van der Waals surface area contributed by atoms with Crippen molar-refractivity contribution in [3.8, 4) is 0 Å². The van der Waals surface area contributed by atoms with Crippen LogP contribution < -0.4 is 37.1 Å². The van der Waals surface area contributed by atoms with Crippen molar-refractivity contribution in [2.45, 2.75) is 164 Å². The van der Waals surface area contributed by atoms with Gasteiger partial charge in [-0.25, -0.2) is 0 Å². The van der Waals surface area contributed by atoms with Crippen LogP contribution in [-0.4, -0.2) is 364 Å². The number of amides is 6. The summed E-state index contributed by atoms with van der Waals surface area (Å²) >= 11 is 0. The zero-order valence-corrected chi connectivity index (χ0v) is 56.5. The molecule has 3 aliphatic rings. The summed E-state index contributed by atoms with van der Waals surface area (Å²) in [5.41, 5.74) is -1.07. The number of carbonyl (C=O) groups is 6. The molecule has 3 rings (SSSR count). The molecule has 38 heteroatoms. The predicted molar refractivity (Wildman–Crippen MR) is 336 cm³/mol. The number of rotatable bonds is 53. The van der Waals surface area contributed by atoms with Gasteiger partial charge in [0.05, 0.1) is 164 Å². The van der Waals surface area contributed by atoms with Crippen LogP contribution >= 0.6 is 0 Å². The number of ether oxygens (including phenoxy) is 15. The van der Waals surface area contributed by atoms with E-state index in [2.05, 4.69) is 37.1 Å². The molecule has 0 aromatic carbocycles. The third-order valence-electron chi connectivity index (χ3n) is 14.5. The van der Waals surface area contributed by atoms with Gasteiger partial charge in [0.15, 0.2) is 18.9 Å². The van der Waals surface area contributed by atoms with Gasteiger partial charge in [0.1, 0.15) is 73.1 Å². The minimum atomic E-state index is -1.44. The molecule has 97 heavy (non-hydrogen) atoms. The Hall–Kier alpha value is -4.12. The van der Waals surface area contributed by atoms with Crippen molar-refractivity contribution in [3.05, 3.63) is 0 Å². The van der Waals surface area contributed by atoms with E-state index in [4.69, 9.17) is 71.1 Å². The topological polar surface area (TPSA) is 507 Å². The Labute approximate surface area is 566 Å². The molecule has 15 atom stereocenters. The lowest BCUT2D eigenvalue weighted by atomic mass is 9.63. The summed E-state index contributed by atoms with van der Waals surface area (Å²) in [5, 5.41) is 109. The van der Waals surface area contributed by atoms with Crippen LogP contribution in [0.2, 0.25) is 5.31 Å². The Kier molecular flexibility index (Phi) is 44.4. The first-order chi connectivity index (χ1) is 46.3. The molecule has 0 spiro atoms. The van der Waals surface area contributed by atoms with Gasteiger partial charge in [-0.05, 0) is 5.31 Å². The second-order valence-electron chi connectivity index (χ2n) is 24.0. The van der Waals surface area contributed by atoms with Crippen LogP contribution in [0, 0.1) is 0 Å². The molecule has 0 aliphatic carbocycles. The number of aliphatic hydroxyl groups excluding tert-OH is 9. The molecular formula is C59H109BN7O30. The van der Waals surface area contributed by atoms with E-state index < -0.39 is 135 Å². The first-order valence-electron chi connectivity index (χ1n) is 32.5. The summed E-state index contributed by atoms with van der Waals surface area (Å²) in [4.78, 5) is 73.5. The molecule has 37 nitrogen and oxygen atoms in total. The molecule has 3 fully saturated rings. The Balaban J connectivity index is 1.41. The Morgan fingerprint density at radius 3 is 0.876 bits per heavy atom. The lowest BCUT2D eigenvalue weighted by Crippen LogP contribution is -2.64. The average Bonchev–Trinajstić information content (AvgIpc) is 0.831. The van der Waals surface area contributed by atoms with E-state index in [0.717, 1.165) is 0 Å². The first-order valence-corrected chi connectivity index (χ1v) is 32.5. The van der Waals surface area contributed by atoms with Gasteiger partial charge >= 0.3 is 0 Å². The van der Waals surface area contributed by atoms with Gasteiger partial charge in [-0.2, -0.15) is 0 Å². The highest BCUT2D eigenvalue weighted by Gasteiger charge is 2.48. The monoisotopic (exact) mass is 1410 g/mol. The van der Waals surface area contributed by atoms with E-state index in [0.29, 0.717) is 0 Å². The second kappa shape index (κ2) is 49.5. The number of hydrogen-bond acceptors (Lipinski definition) is 31. The van der Waals surface area contributed by atoms with Crippen molar-refractivity contribution < 1.29 is 146 Å². The molecule has 3 heterocycles. The Bertz CT molecular complexity index is 1970. The van der Waals surface area contributed by atoms with Crippen LogP contribution in [0.1, 0.15) is 60.8 Å². The summed E-state index contributed by atoms with van der Waals surface area (Å²) in [5.74, 6) is -2.38. The van der Waals surface area contributed by atoms with E-state index in [1.54, 1.807) is 0 Å². The molecule has 6 amide bonds. The lowest BCUT2D eigenvalue weighted by molar-refractivity contribution is -0.272. The lowest BCUT2D eigenvalue weighted by Gasteiger charge is -2.42. The summed E-state index contributed by atoms with van der Waals surface area (Å²) in [6.07, 6.45) is -15.5. The quantitative estimate of drug-likeness (QED) is 0.0199. The van der Waals surface area contributed by atoms with Gasteiger partial charge in [-0.15, -0.1) is 0 Å². The predicted octanol–water partition coefficient (Wildman–Crippen LogP) is -8.30. The summed E-state index contributed by atoms with van der Waals surface area (Å²) in [6, 6.07) is -3.24. The zero-order valence-electron chi connectivity index (χ0n) is 56.5. The molecule has 0 aromatic rings. The second-order valence-corrected chi connectivity index (χ2v) is 24.0. The van der Waals surface area contributed by atoms with E-state index in [9.17, 15) is 74.7 Å². The summed E-state index contributed by atoms with van der Waals surface area (Å²) < 4.78 is 85.0. The maximum absolute atomic E-state index is 12.8. The SMILES string of the molecule is CC(=O)NC1C(OCCOCCOCCNC(=O)CCOCC(COCCC(=O)NCCOCCOCCOC2OC(CO)C(O)C(O)C2NC(C)=O)(COCCC(=O)NCCOCCOCCOC2OC(CO)C(O)C(O)C2NC(C)=O)N[B]C(C)(C)C)OC(CO)C(O)C1O. The van der Waals surface area contributed by atoms with Crippen LogP contribution in [0.5, 0.6) is 0 Å².